The number of guanidine groups is 1. The fourth-order valence-electron chi connectivity index (χ4n) is 3.62. The quantitative estimate of drug-likeness (QED) is 0.0906. The number of allylic oxidation sites excluding steroid dienone is 1. The number of ether oxygens (including phenoxy) is 3. The van der Waals surface area contributed by atoms with E-state index in [-0.39, 0.29) is 34.7 Å². The van der Waals surface area contributed by atoms with Crippen molar-refractivity contribution in [2.45, 2.75) is 6.92 Å². The molecule has 0 radical (unpaired) electrons. The highest BCUT2D eigenvalue weighted by Crippen LogP contribution is 2.28. The first-order chi connectivity index (χ1) is 19.7. The van der Waals surface area contributed by atoms with Crippen molar-refractivity contribution in [3.63, 3.8) is 0 Å². The van der Waals surface area contributed by atoms with Gasteiger partial charge in [-0.25, -0.2) is 4.99 Å². The summed E-state index contributed by atoms with van der Waals surface area (Å²) < 4.78 is 15.7. The molecule has 10 heteroatoms. The summed E-state index contributed by atoms with van der Waals surface area (Å²) in [4.78, 5) is 29.8. The zero-order valence-corrected chi connectivity index (χ0v) is 23.9. The monoisotopic (exact) mass is 574 g/mol. The van der Waals surface area contributed by atoms with Crippen molar-refractivity contribution in [2.75, 3.05) is 26.6 Å². The third-order valence-corrected chi connectivity index (χ3v) is 6.13. The van der Waals surface area contributed by atoms with E-state index in [0.29, 0.717) is 22.0 Å². The normalized spacial score (nSPS) is 12.1. The first-order valence-electron chi connectivity index (χ1n) is 12.3. The lowest BCUT2D eigenvalue weighted by Crippen LogP contribution is -2.37. The zero-order chi connectivity index (χ0) is 29.9. The Morgan fingerprint density at radius 3 is 2.20 bits per heavy atom. The molecule has 9 nitrogen and oxygen atoms in total. The van der Waals surface area contributed by atoms with E-state index in [1.165, 1.54) is 27.4 Å². The molecule has 3 aromatic rings. The molecule has 0 fully saturated rings. The number of rotatable bonds is 10. The fraction of sp³-hybridized carbons (Fsp3) is 0.129. The van der Waals surface area contributed by atoms with Crippen LogP contribution in [0.4, 0.5) is 11.4 Å². The maximum Gasteiger partial charge on any atom is 0.255 e. The van der Waals surface area contributed by atoms with Crippen molar-refractivity contribution in [3.8, 4) is 11.1 Å². The average Bonchev–Trinajstić information content (AvgIpc) is 2.98. The Morgan fingerprint density at radius 1 is 0.927 bits per heavy atom. The fourth-order valence-corrected chi connectivity index (χ4v) is 3.79. The number of benzene rings is 3. The molecule has 0 saturated carbocycles. The molecular formula is C31H31ClN4O5. The molecule has 41 heavy (non-hydrogen) atoms. The highest BCUT2D eigenvalue weighted by atomic mass is 35.5. The van der Waals surface area contributed by atoms with Crippen molar-refractivity contribution in [2.24, 2.45) is 10.7 Å². The van der Waals surface area contributed by atoms with Crippen LogP contribution in [-0.4, -0.2) is 39.1 Å². The topological polar surface area (TPSA) is 124 Å². The first kappa shape index (κ1) is 30.5. The Kier molecular flexibility index (Phi) is 10.7. The summed E-state index contributed by atoms with van der Waals surface area (Å²) in [6, 6.07) is 21.8. The summed E-state index contributed by atoms with van der Waals surface area (Å²) in [6.07, 6.45) is 1.45. The lowest BCUT2D eigenvalue weighted by atomic mass is 10.0. The number of carbonyl (C=O) groups is 2. The van der Waals surface area contributed by atoms with Crippen LogP contribution >= 0.6 is 11.6 Å². The van der Waals surface area contributed by atoms with E-state index in [1.54, 1.807) is 37.3 Å². The molecular weight excluding hydrogens is 544 g/mol. The van der Waals surface area contributed by atoms with Gasteiger partial charge in [0.2, 0.25) is 11.7 Å². The van der Waals surface area contributed by atoms with Crippen LogP contribution in [0.5, 0.6) is 0 Å². The van der Waals surface area contributed by atoms with Crippen LogP contribution in [0.2, 0.25) is 5.02 Å². The Balaban J connectivity index is 1.72. The van der Waals surface area contributed by atoms with Gasteiger partial charge in [0.1, 0.15) is 0 Å². The number of aliphatic imine (C=N–C) groups is 1. The molecule has 0 spiro atoms. The Hall–Kier alpha value is -5.02. The van der Waals surface area contributed by atoms with Gasteiger partial charge in [0.05, 0.1) is 37.7 Å². The first-order valence-corrected chi connectivity index (χ1v) is 12.7. The van der Waals surface area contributed by atoms with E-state index in [1.807, 2.05) is 42.5 Å². The van der Waals surface area contributed by atoms with Crippen LogP contribution in [0.3, 0.4) is 0 Å². The summed E-state index contributed by atoms with van der Waals surface area (Å²) in [6.45, 7) is 5.30. The largest absolute Gasteiger partial charge is 0.493 e. The Bertz CT molecular complexity index is 1510. The molecule has 0 aromatic heterocycles. The molecule has 0 saturated heterocycles. The van der Waals surface area contributed by atoms with Gasteiger partial charge in [-0.15, -0.1) is 0 Å². The van der Waals surface area contributed by atoms with Gasteiger partial charge in [0.15, 0.2) is 11.5 Å². The Morgan fingerprint density at radius 2 is 1.59 bits per heavy atom. The average molecular weight is 575 g/mol. The van der Waals surface area contributed by atoms with Gasteiger partial charge in [-0.05, 0) is 54.5 Å². The second-order valence-corrected chi connectivity index (χ2v) is 8.98. The van der Waals surface area contributed by atoms with Crippen LogP contribution in [0.15, 0.2) is 113 Å². The van der Waals surface area contributed by atoms with Crippen LogP contribution in [0.25, 0.3) is 11.1 Å². The second kappa shape index (κ2) is 14.4. The van der Waals surface area contributed by atoms with E-state index >= 15 is 0 Å². The molecule has 0 aliphatic heterocycles. The minimum absolute atomic E-state index is 0.171. The SMILES string of the molecule is C=C(OC)C(OC)=C(C=C(C)C(=O)NC(N)=Nc1ccc(Cl)c(NC(=O)c2ccc(-c3ccccc3)cc2)c1)OC. The number of halogens is 1. The zero-order valence-electron chi connectivity index (χ0n) is 23.2. The van der Waals surface area contributed by atoms with E-state index in [2.05, 4.69) is 22.2 Å². The molecule has 0 unspecified atom stereocenters. The standard InChI is InChI=1S/C31H31ClN4O5/c1-19(17-27(40-4)28(41-5)20(2)39-3)29(37)36-31(33)34-24-15-16-25(32)26(18-24)35-30(38)23-13-11-22(12-14-23)21-9-7-6-8-10-21/h6-18H,2H2,1,3-5H3,(H,35,38)(H3,33,34,36,37). The van der Waals surface area contributed by atoms with Crippen LogP contribution in [-0.2, 0) is 19.0 Å². The minimum Gasteiger partial charge on any atom is -0.493 e. The molecule has 0 aliphatic rings. The number of carbonyl (C=O) groups excluding carboxylic acids is 2. The number of nitrogens with one attached hydrogen (secondary N) is 2. The summed E-state index contributed by atoms with van der Waals surface area (Å²) in [7, 11) is 4.29. The summed E-state index contributed by atoms with van der Waals surface area (Å²) in [5, 5.41) is 5.61. The Labute approximate surface area is 244 Å². The maximum atomic E-state index is 12.9. The van der Waals surface area contributed by atoms with Crippen molar-refractivity contribution in [1.82, 2.24) is 5.32 Å². The van der Waals surface area contributed by atoms with Crippen LogP contribution < -0.4 is 16.4 Å². The summed E-state index contributed by atoms with van der Waals surface area (Å²) in [5.74, 6) is -0.356. The smallest absolute Gasteiger partial charge is 0.255 e. The van der Waals surface area contributed by atoms with Gasteiger partial charge in [0, 0.05) is 11.1 Å². The van der Waals surface area contributed by atoms with Gasteiger partial charge < -0.3 is 25.3 Å². The molecule has 0 heterocycles. The third-order valence-electron chi connectivity index (χ3n) is 5.80. The lowest BCUT2D eigenvalue weighted by molar-refractivity contribution is -0.116. The number of nitrogens with zero attached hydrogens (tertiary/aromatic N) is 1. The molecule has 0 aliphatic carbocycles. The number of methoxy groups -OCH3 is 3. The number of nitrogens with two attached hydrogens (primary N) is 1. The van der Waals surface area contributed by atoms with E-state index in [9.17, 15) is 9.59 Å². The molecule has 0 bridgehead atoms. The van der Waals surface area contributed by atoms with Gasteiger partial charge >= 0.3 is 0 Å². The van der Waals surface area contributed by atoms with Gasteiger partial charge in [0.25, 0.3) is 11.8 Å². The highest BCUT2D eigenvalue weighted by Gasteiger charge is 2.14. The van der Waals surface area contributed by atoms with Crippen molar-refractivity contribution in [1.29, 1.82) is 0 Å². The number of hydrogen-bond acceptors (Lipinski definition) is 6. The molecule has 2 amide bonds. The maximum absolute atomic E-state index is 12.9. The van der Waals surface area contributed by atoms with Crippen LogP contribution in [0.1, 0.15) is 17.3 Å². The van der Waals surface area contributed by atoms with Crippen LogP contribution in [0, 0.1) is 0 Å². The number of amides is 2. The highest BCUT2D eigenvalue weighted by molar-refractivity contribution is 6.34. The van der Waals surface area contributed by atoms with Gasteiger partial charge in [-0.3, -0.25) is 14.9 Å². The predicted octanol–water partition coefficient (Wildman–Crippen LogP) is 5.93. The lowest BCUT2D eigenvalue weighted by Gasteiger charge is -2.13. The van der Waals surface area contributed by atoms with E-state index in [0.717, 1.165) is 11.1 Å². The minimum atomic E-state index is -0.527. The number of hydrogen-bond donors (Lipinski definition) is 3. The summed E-state index contributed by atoms with van der Waals surface area (Å²) in [5.41, 5.74) is 9.42. The van der Waals surface area contributed by atoms with Crippen molar-refractivity contribution < 1.29 is 23.8 Å². The predicted molar refractivity (Wildman–Crippen MR) is 162 cm³/mol. The second-order valence-electron chi connectivity index (χ2n) is 8.57. The van der Waals surface area contributed by atoms with Gasteiger partial charge in [-0.1, -0.05) is 60.6 Å². The summed E-state index contributed by atoms with van der Waals surface area (Å²) >= 11 is 6.31. The third kappa shape index (κ3) is 8.23. The number of anilines is 1. The van der Waals surface area contributed by atoms with Crippen molar-refractivity contribution >= 4 is 40.7 Å². The van der Waals surface area contributed by atoms with Crippen molar-refractivity contribution in [3.05, 3.63) is 119 Å². The van der Waals surface area contributed by atoms with Gasteiger partial charge in [-0.2, -0.15) is 0 Å². The molecule has 4 N–H and O–H groups in total. The molecule has 0 atom stereocenters. The molecule has 212 valence electrons. The molecule has 3 aromatic carbocycles. The van der Waals surface area contributed by atoms with E-state index in [4.69, 9.17) is 31.5 Å². The van der Waals surface area contributed by atoms with E-state index < -0.39 is 5.91 Å². The molecule has 3 rings (SSSR count).